The summed E-state index contributed by atoms with van der Waals surface area (Å²) in [6.07, 6.45) is 10.9. The van der Waals surface area contributed by atoms with E-state index in [9.17, 15) is 0 Å². The van der Waals surface area contributed by atoms with Crippen LogP contribution in [0.15, 0.2) is 36.4 Å². The van der Waals surface area contributed by atoms with Crippen LogP contribution in [-0.2, 0) is 43.7 Å². The normalized spacial score (nSPS) is 14.1. The molecule has 0 nitrogen and oxygen atoms in total. The molecule has 0 spiro atoms. The van der Waals surface area contributed by atoms with Crippen molar-refractivity contribution in [1.82, 2.24) is 0 Å². The molecule has 2 aromatic rings. The van der Waals surface area contributed by atoms with Gasteiger partial charge in [0.25, 0.3) is 0 Å². The van der Waals surface area contributed by atoms with Gasteiger partial charge in [-0.2, -0.15) is 46.5 Å². The zero-order chi connectivity index (χ0) is 15.8. The molecule has 0 radical (unpaired) electrons. The third-order valence-electron chi connectivity index (χ3n) is 4.30. The van der Waals surface area contributed by atoms with Crippen molar-refractivity contribution in [2.24, 2.45) is 0 Å². The Bertz CT molecular complexity index is 495. The summed E-state index contributed by atoms with van der Waals surface area (Å²) in [5, 5.41) is 0. The van der Waals surface area contributed by atoms with Gasteiger partial charge in [0.15, 0.2) is 0 Å². The first-order chi connectivity index (χ1) is 10.7. The Balaban J connectivity index is 0.000000341. The maximum atomic E-state index is 5.25. The van der Waals surface area contributed by atoms with E-state index < -0.39 is 18.0 Å². The molecule has 0 heterocycles. The SMILES string of the molecule is [CH3-].[CH3-].[SiH2]=[Zr]([Cl])[Cl].c1cc2c([cH-]1)CCCC2.c1cc2c([cH-]1)CCCC2. The van der Waals surface area contributed by atoms with Gasteiger partial charge in [0.2, 0.25) is 0 Å². The average molecular weight is 461 g/mol. The van der Waals surface area contributed by atoms with Crippen LogP contribution < -0.4 is 0 Å². The molecule has 0 fully saturated rings. The summed E-state index contributed by atoms with van der Waals surface area (Å²) in [4.78, 5) is 0. The van der Waals surface area contributed by atoms with Gasteiger partial charge in [-0.1, -0.05) is 51.4 Å². The number of aryl methyl sites for hydroxylation is 4. The summed E-state index contributed by atoms with van der Waals surface area (Å²) in [7, 11) is 10.5. The molecular weight excluding hydrogens is 430 g/mol. The Hall–Kier alpha value is 0.380. The molecule has 2 aliphatic rings. The predicted octanol–water partition coefficient (Wildman–Crippen LogP) is 5.93. The molecule has 0 atom stereocenters. The molecular formula is C20H30Cl2SiZr-4. The summed E-state index contributed by atoms with van der Waals surface area (Å²) >= 11 is -1.57. The summed E-state index contributed by atoms with van der Waals surface area (Å²) in [5.74, 6) is 0. The van der Waals surface area contributed by atoms with Crippen molar-refractivity contribution in [3.8, 4) is 0 Å². The summed E-state index contributed by atoms with van der Waals surface area (Å²) in [6, 6.07) is 13.4. The third kappa shape index (κ3) is 8.65. The monoisotopic (exact) mass is 458 g/mol. The van der Waals surface area contributed by atoms with Crippen molar-refractivity contribution >= 4 is 23.9 Å². The minimum atomic E-state index is -1.57. The van der Waals surface area contributed by atoms with Crippen LogP contribution in [0.25, 0.3) is 0 Å². The zero-order valence-corrected chi connectivity index (χ0v) is 20.5. The van der Waals surface area contributed by atoms with Crippen LogP contribution in [0.2, 0.25) is 0 Å². The van der Waals surface area contributed by atoms with Crippen LogP contribution in [0.1, 0.15) is 47.9 Å². The Morgan fingerprint density at radius 3 is 1.42 bits per heavy atom. The van der Waals surface area contributed by atoms with E-state index in [1.807, 2.05) is 0 Å². The van der Waals surface area contributed by atoms with E-state index in [4.69, 9.17) is 17.0 Å². The molecule has 4 rings (SSSR count). The summed E-state index contributed by atoms with van der Waals surface area (Å²) in [5.41, 5.74) is 6.39. The summed E-state index contributed by atoms with van der Waals surface area (Å²) in [6.45, 7) is 1.73. The molecule has 0 bridgehead atoms. The van der Waals surface area contributed by atoms with Gasteiger partial charge in [0, 0.05) is 0 Å². The molecule has 0 unspecified atom stereocenters. The van der Waals surface area contributed by atoms with E-state index >= 15 is 0 Å². The number of hydrogen-bond acceptors (Lipinski definition) is 0. The van der Waals surface area contributed by atoms with Crippen LogP contribution in [-0.4, -0.2) is 6.88 Å². The van der Waals surface area contributed by atoms with Gasteiger partial charge in [-0.15, -0.1) is 0 Å². The van der Waals surface area contributed by atoms with Gasteiger partial charge in [-0.3, -0.25) is 0 Å². The molecule has 2 aliphatic carbocycles. The van der Waals surface area contributed by atoms with Crippen LogP contribution >= 0.6 is 17.0 Å². The molecule has 0 aliphatic heterocycles. The average Bonchev–Trinajstić information content (AvgIpc) is 3.16. The third-order valence-corrected chi connectivity index (χ3v) is 4.30. The number of rotatable bonds is 0. The fourth-order valence-corrected chi connectivity index (χ4v) is 3.23. The number of hydrogen-bond donors (Lipinski definition) is 0. The van der Waals surface area contributed by atoms with E-state index in [1.165, 1.54) is 51.4 Å². The molecule has 2 aromatic carbocycles. The van der Waals surface area contributed by atoms with Crippen molar-refractivity contribution < 1.29 is 18.0 Å². The van der Waals surface area contributed by atoms with Gasteiger partial charge < -0.3 is 14.9 Å². The Labute approximate surface area is 165 Å². The standard InChI is InChI=1S/2C9H11.2CH3.2ClH.H2Si.Zr/c2*1-2-5-9-7-3-6-8(9)4-1;;;;;;/h2*3,6-7H,1-2,4-5H2;2*1H3;2*1H;1H2;/q4*-1;;;;+2/p-2. The Kier molecular flexibility index (Phi) is 13.8. The largest absolute Gasteiger partial charge is 0.210 e. The van der Waals surface area contributed by atoms with Crippen molar-refractivity contribution in [2.75, 3.05) is 0 Å². The molecule has 24 heavy (non-hydrogen) atoms. The van der Waals surface area contributed by atoms with Crippen molar-refractivity contribution in [3.63, 3.8) is 0 Å². The second-order valence-electron chi connectivity index (χ2n) is 5.91. The van der Waals surface area contributed by atoms with Gasteiger partial charge in [0.1, 0.15) is 0 Å². The van der Waals surface area contributed by atoms with E-state index in [0.717, 1.165) is 0 Å². The first-order valence-corrected chi connectivity index (χ1v) is 20.4. The maximum Gasteiger partial charge on any atom is -0.0512 e. The van der Waals surface area contributed by atoms with E-state index in [2.05, 4.69) is 36.4 Å². The second kappa shape index (κ2) is 13.6. The van der Waals surface area contributed by atoms with Gasteiger partial charge in [-0.05, 0) is 0 Å². The quantitative estimate of drug-likeness (QED) is 0.338. The van der Waals surface area contributed by atoms with E-state index in [-0.39, 0.29) is 14.9 Å². The summed E-state index contributed by atoms with van der Waals surface area (Å²) < 4.78 is 0. The second-order valence-corrected chi connectivity index (χ2v) is 23.6. The molecule has 4 heteroatoms. The van der Waals surface area contributed by atoms with Crippen LogP contribution in [0.4, 0.5) is 0 Å². The van der Waals surface area contributed by atoms with Crippen LogP contribution in [0.5, 0.6) is 0 Å². The fraction of sp³-hybridized carbons (Fsp3) is 0.400. The fourth-order valence-electron chi connectivity index (χ4n) is 3.23. The van der Waals surface area contributed by atoms with Gasteiger partial charge >= 0.3 is 41.9 Å². The number of halogens is 2. The predicted molar refractivity (Wildman–Crippen MR) is 110 cm³/mol. The Morgan fingerprint density at radius 1 is 0.750 bits per heavy atom. The minimum Gasteiger partial charge on any atom is -0.210 e. The molecule has 0 aromatic heterocycles. The molecule has 0 saturated carbocycles. The van der Waals surface area contributed by atoms with Gasteiger partial charge in [0.05, 0.1) is 0 Å². The molecule has 0 amide bonds. The smallest absolute Gasteiger partial charge is 0.0512 e. The van der Waals surface area contributed by atoms with Gasteiger partial charge in [-0.25, -0.2) is 12.1 Å². The zero-order valence-electron chi connectivity index (χ0n) is 15.1. The van der Waals surface area contributed by atoms with Crippen molar-refractivity contribution in [1.29, 1.82) is 0 Å². The first kappa shape index (κ1) is 24.4. The van der Waals surface area contributed by atoms with E-state index in [0.29, 0.717) is 0 Å². The first-order valence-electron chi connectivity index (χ1n) is 8.13. The van der Waals surface area contributed by atoms with Crippen LogP contribution in [0, 0.1) is 14.9 Å². The molecule has 136 valence electrons. The van der Waals surface area contributed by atoms with Crippen molar-refractivity contribution in [3.05, 3.63) is 73.5 Å². The van der Waals surface area contributed by atoms with E-state index in [1.54, 1.807) is 29.1 Å². The topological polar surface area (TPSA) is 0 Å². The molecule has 0 saturated heterocycles. The molecule has 0 N–H and O–H groups in total. The van der Waals surface area contributed by atoms with Crippen molar-refractivity contribution in [2.45, 2.75) is 51.4 Å². The minimum absolute atomic E-state index is 0. The van der Waals surface area contributed by atoms with Crippen LogP contribution in [0.3, 0.4) is 0 Å². The maximum absolute atomic E-state index is 5.25. The Morgan fingerprint density at radius 2 is 1.08 bits per heavy atom. The number of fused-ring (bicyclic) bond motifs is 2.